The first-order chi connectivity index (χ1) is 14.9. The van der Waals surface area contributed by atoms with Gasteiger partial charge in [-0.1, -0.05) is 0 Å². The van der Waals surface area contributed by atoms with Crippen LogP contribution in [0, 0.1) is 0 Å². The van der Waals surface area contributed by atoms with Gasteiger partial charge in [0.2, 0.25) is 6.29 Å². The zero-order valence-electron chi connectivity index (χ0n) is 18.3. The summed E-state index contributed by atoms with van der Waals surface area (Å²) in [4.78, 5) is 46.2. The van der Waals surface area contributed by atoms with Crippen LogP contribution < -0.4 is 5.73 Å². The standard InChI is InChI=1S/C17H28NO13P/c1-6-25-32(23,26-7-2)31-16-15(28-11(5)21)14(30-17(18)22)13(27-10(4)20)12(29-16)8-24-9(3)19/h12-16H,6-8H2,1-5H3,(H2,18,22)/t12-,13-,14+,15+,16-/m1/s1. The molecule has 1 rings (SSSR count). The highest BCUT2D eigenvalue weighted by Crippen LogP contribution is 2.52. The van der Waals surface area contributed by atoms with Crippen molar-refractivity contribution in [1.82, 2.24) is 0 Å². The molecule has 15 heteroatoms. The molecule has 0 aromatic heterocycles. The lowest BCUT2D eigenvalue weighted by atomic mass is 9.98. The van der Waals surface area contributed by atoms with Gasteiger partial charge in [-0.2, -0.15) is 0 Å². The van der Waals surface area contributed by atoms with E-state index in [2.05, 4.69) is 0 Å². The van der Waals surface area contributed by atoms with E-state index in [4.69, 9.17) is 43.0 Å². The number of phosphoric acid groups is 1. The number of nitrogens with two attached hydrogens (primary N) is 1. The van der Waals surface area contributed by atoms with Crippen molar-refractivity contribution < 1.29 is 61.0 Å². The van der Waals surface area contributed by atoms with Gasteiger partial charge in [-0.15, -0.1) is 0 Å². The topological polar surface area (TPSA) is 185 Å². The fraction of sp³-hybridized carbons (Fsp3) is 0.765. The molecular weight excluding hydrogens is 457 g/mol. The molecule has 184 valence electrons. The summed E-state index contributed by atoms with van der Waals surface area (Å²) in [6.45, 7) is 5.63. The second kappa shape index (κ2) is 12.7. The Bertz CT molecular complexity index is 719. The van der Waals surface area contributed by atoms with Gasteiger partial charge in [0.15, 0.2) is 18.3 Å². The molecule has 5 atom stereocenters. The molecule has 0 aliphatic carbocycles. The summed E-state index contributed by atoms with van der Waals surface area (Å²) in [7, 11) is -4.24. The van der Waals surface area contributed by atoms with Gasteiger partial charge in [0.25, 0.3) is 0 Å². The molecule has 14 nitrogen and oxygen atoms in total. The van der Waals surface area contributed by atoms with Gasteiger partial charge in [0.1, 0.15) is 12.7 Å². The van der Waals surface area contributed by atoms with E-state index in [0.717, 1.165) is 20.8 Å². The molecular formula is C17H28NO13P. The molecule has 1 aliphatic rings. The number of ether oxygens (including phenoxy) is 5. The number of esters is 3. The Balaban J connectivity index is 3.43. The maximum absolute atomic E-state index is 12.9. The van der Waals surface area contributed by atoms with Crippen LogP contribution >= 0.6 is 7.82 Å². The molecule has 1 fully saturated rings. The Hall–Kier alpha value is -2.25. The first-order valence-electron chi connectivity index (χ1n) is 9.59. The smallest absolute Gasteiger partial charge is 0.463 e. The minimum absolute atomic E-state index is 0.0730. The van der Waals surface area contributed by atoms with Crippen LogP contribution in [0.3, 0.4) is 0 Å². The zero-order valence-corrected chi connectivity index (χ0v) is 19.2. The van der Waals surface area contributed by atoms with Crippen LogP contribution in [-0.2, 0) is 56.2 Å². The highest BCUT2D eigenvalue weighted by atomic mass is 31.2. The summed E-state index contributed by atoms with van der Waals surface area (Å²) in [5.41, 5.74) is 5.13. The molecule has 0 unspecified atom stereocenters. The molecule has 1 amide bonds. The Morgan fingerprint density at radius 1 is 0.844 bits per heavy atom. The molecule has 0 aromatic rings. The van der Waals surface area contributed by atoms with Gasteiger partial charge in [0, 0.05) is 20.8 Å². The van der Waals surface area contributed by atoms with Crippen molar-refractivity contribution >= 4 is 31.8 Å². The number of rotatable bonds is 11. The van der Waals surface area contributed by atoms with Crippen molar-refractivity contribution in [1.29, 1.82) is 0 Å². The predicted molar refractivity (Wildman–Crippen MR) is 103 cm³/mol. The van der Waals surface area contributed by atoms with E-state index in [1.807, 2.05) is 0 Å². The lowest BCUT2D eigenvalue weighted by molar-refractivity contribution is -0.288. The molecule has 0 saturated carbocycles. The third kappa shape index (κ3) is 8.71. The largest absolute Gasteiger partial charge is 0.477 e. The average molecular weight is 485 g/mol. The Morgan fingerprint density at radius 3 is 1.81 bits per heavy atom. The van der Waals surface area contributed by atoms with E-state index in [0.29, 0.717) is 0 Å². The van der Waals surface area contributed by atoms with Crippen molar-refractivity contribution in [3.8, 4) is 0 Å². The van der Waals surface area contributed by atoms with E-state index in [1.54, 1.807) is 0 Å². The highest BCUT2D eigenvalue weighted by Gasteiger charge is 2.54. The molecule has 0 bridgehead atoms. The molecule has 0 radical (unpaired) electrons. The van der Waals surface area contributed by atoms with Crippen LogP contribution in [0.25, 0.3) is 0 Å². The molecule has 1 heterocycles. The average Bonchev–Trinajstić information content (AvgIpc) is 2.64. The van der Waals surface area contributed by atoms with E-state index in [9.17, 15) is 23.7 Å². The van der Waals surface area contributed by atoms with E-state index in [1.165, 1.54) is 13.8 Å². The van der Waals surface area contributed by atoms with Crippen molar-refractivity contribution in [3.63, 3.8) is 0 Å². The quantitative estimate of drug-likeness (QED) is 0.246. The van der Waals surface area contributed by atoms with Gasteiger partial charge in [-0.3, -0.25) is 28.0 Å². The summed E-state index contributed by atoms with van der Waals surface area (Å²) in [6.07, 6.45) is -8.99. The Morgan fingerprint density at radius 2 is 1.38 bits per heavy atom. The molecule has 1 saturated heterocycles. The lowest BCUT2D eigenvalue weighted by Crippen LogP contribution is -2.63. The van der Waals surface area contributed by atoms with Crippen molar-refractivity contribution in [2.75, 3.05) is 19.8 Å². The first-order valence-corrected chi connectivity index (χ1v) is 11.0. The number of carbonyl (C=O) groups excluding carboxylic acids is 4. The molecule has 0 spiro atoms. The minimum atomic E-state index is -4.24. The molecule has 1 aliphatic heterocycles. The van der Waals surface area contributed by atoms with Gasteiger partial charge in [-0.25, -0.2) is 9.36 Å². The second-order valence-electron chi connectivity index (χ2n) is 6.28. The summed E-state index contributed by atoms with van der Waals surface area (Å²) in [6, 6.07) is 0. The predicted octanol–water partition coefficient (Wildman–Crippen LogP) is 0.799. The summed E-state index contributed by atoms with van der Waals surface area (Å²) < 4.78 is 54.3. The highest BCUT2D eigenvalue weighted by molar-refractivity contribution is 7.48. The van der Waals surface area contributed by atoms with Crippen LogP contribution in [0.2, 0.25) is 0 Å². The van der Waals surface area contributed by atoms with E-state index < -0.39 is 69.1 Å². The SMILES string of the molecule is CCOP(=O)(OCC)O[C@H]1O[C@H](COC(C)=O)[C@@H](OC(C)=O)[C@H](OC(N)=O)[C@@H]1OC(C)=O. The van der Waals surface area contributed by atoms with Crippen LogP contribution in [0.5, 0.6) is 0 Å². The molecule has 2 N–H and O–H groups in total. The van der Waals surface area contributed by atoms with Crippen LogP contribution in [0.1, 0.15) is 34.6 Å². The third-order valence-electron chi connectivity index (χ3n) is 3.71. The van der Waals surface area contributed by atoms with Gasteiger partial charge < -0.3 is 29.4 Å². The Kier molecular flexibility index (Phi) is 11.0. The van der Waals surface area contributed by atoms with Gasteiger partial charge in [-0.05, 0) is 13.8 Å². The minimum Gasteiger partial charge on any atom is -0.463 e. The first kappa shape index (κ1) is 27.8. The molecule has 32 heavy (non-hydrogen) atoms. The van der Waals surface area contributed by atoms with Gasteiger partial charge in [0.05, 0.1) is 13.2 Å². The maximum atomic E-state index is 12.9. The van der Waals surface area contributed by atoms with E-state index >= 15 is 0 Å². The summed E-state index contributed by atoms with van der Waals surface area (Å²) in [5, 5.41) is 0. The summed E-state index contributed by atoms with van der Waals surface area (Å²) in [5.74, 6) is -2.39. The number of hydrogen-bond donors (Lipinski definition) is 1. The number of hydrogen-bond acceptors (Lipinski definition) is 13. The summed E-state index contributed by atoms with van der Waals surface area (Å²) >= 11 is 0. The van der Waals surface area contributed by atoms with Crippen molar-refractivity contribution in [2.45, 2.75) is 65.3 Å². The van der Waals surface area contributed by atoms with Crippen LogP contribution in [0.15, 0.2) is 0 Å². The maximum Gasteiger partial charge on any atom is 0.477 e. The van der Waals surface area contributed by atoms with Crippen molar-refractivity contribution in [2.24, 2.45) is 5.73 Å². The van der Waals surface area contributed by atoms with E-state index in [-0.39, 0.29) is 13.2 Å². The normalized spacial score (nSPS) is 25.5. The third-order valence-corrected chi connectivity index (χ3v) is 5.32. The second-order valence-corrected chi connectivity index (χ2v) is 7.90. The monoisotopic (exact) mass is 485 g/mol. The lowest BCUT2D eigenvalue weighted by Gasteiger charge is -2.44. The number of phosphoric ester groups is 1. The van der Waals surface area contributed by atoms with Crippen LogP contribution in [0.4, 0.5) is 4.79 Å². The van der Waals surface area contributed by atoms with Crippen molar-refractivity contribution in [3.05, 3.63) is 0 Å². The van der Waals surface area contributed by atoms with Crippen LogP contribution in [-0.4, -0.2) is 74.5 Å². The number of primary amides is 1. The number of amides is 1. The fourth-order valence-corrected chi connectivity index (χ4v) is 4.01. The molecule has 0 aromatic carbocycles. The van der Waals surface area contributed by atoms with Gasteiger partial charge >= 0.3 is 31.8 Å². The zero-order chi connectivity index (χ0) is 24.5. The fourth-order valence-electron chi connectivity index (χ4n) is 2.76. The Labute approximate surface area is 184 Å². The number of carbonyl (C=O) groups is 4.